The minimum atomic E-state index is 0.0765. The minimum Gasteiger partial charge on any atom is -0.358 e. The number of carbonyl (C=O) groups is 1. The molecule has 0 aliphatic carbocycles. The zero-order valence-electron chi connectivity index (χ0n) is 14.2. The van der Waals surface area contributed by atoms with Crippen molar-refractivity contribution in [2.75, 3.05) is 17.8 Å². The SMILES string of the molecule is Cc1ccc(NSc2ncc(C(=O)N3CCCC3)s2)c2[nH]cc(C#N)c12. The Morgan fingerprint density at radius 2 is 2.23 bits per heavy atom. The molecule has 4 rings (SSSR count). The number of hydrogen-bond donors (Lipinski definition) is 2. The molecule has 26 heavy (non-hydrogen) atoms. The molecule has 6 nitrogen and oxygen atoms in total. The van der Waals surface area contributed by atoms with Gasteiger partial charge in [-0.25, -0.2) is 4.98 Å². The maximum Gasteiger partial charge on any atom is 0.265 e. The van der Waals surface area contributed by atoms with E-state index in [9.17, 15) is 10.1 Å². The Balaban J connectivity index is 1.51. The van der Waals surface area contributed by atoms with Crippen molar-refractivity contribution in [1.29, 1.82) is 5.26 Å². The van der Waals surface area contributed by atoms with Crippen LogP contribution in [0.2, 0.25) is 0 Å². The monoisotopic (exact) mass is 383 g/mol. The van der Waals surface area contributed by atoms with Crippen LogP contribution in [0.3, 0.4) is 0 Å². The van der Waals surface area contributed by atoms with E-state index in [0.29, 0.717) is 10.4 Å². The number of carbonyl (C=O) groups excluding carboxylic acids is 1. The van der Waals surface area contributed by atoms with Crippen LogP contribution in [-0.2, 0) is 0 Å². The molecule has 3 heterocycles. The quantitative estimate of drug-likeness (QED) is 0.661. The number of fused-ring (bicyclic) bond motifs is 1. The molecule has 1 aromatic carbocycles. The van der Waals surface area contributed by atoms with Gasteiger partial charge in [0.05, 0.1) is 23.0 Å². The van der Waals surface area contributed by atoms with E-state index in [-0.39, 0.29) is 5.91 Å². The van der Waals surface area contributed by atoms with E-state index in [2.05, 4.69) is 20.8 Å². The van der Waals surface area contributed by atoms with Gasteiger partial charge in [-0.3, -0.25) is 4.79 Å². The zero-order valence-corrected chi connectivity index (χ0v) is 15.8. The molecule has 8 heteroatoms. The van der Waals surface area contributed by atoms with Gasteiger partial charge < -0.3 is 14.6 Å². The predicted molar refractivity (Wildman–Crippen MR) is 104 cm³/mol. The highest BCUT2D eigenvalue weighted by Crippen LogP contribution is 2.32. The summed E-state index contributed by atoms with van der Waals surface area (Å²) in [6.07, 6.45) is 5.54. The third-order valence-electron chi connectivity index (χ3n) is 4.50. The Labute approximate surface area is 159 Å². The number of nitriles is 1. The summed E-state index contributed by atoms with van der Waals surface area (Å²) >= 11 is 2.78. The molecule has 0 radical (unpaired) electrons. The van der Waals surface area contributed by atoms with Crippen LogP contribution in [-0.4, -0.2) is 33.9 Å². The Hall–Kier alpha value is -2.50. The lowest BCUT2D eigenvalue weighted by Gasteiger charge is -2.12. The van der Waals surface area contributed by atoms with Gasteiger partial charge >= 0.3 is 0 Å². The number of aryl methyl sites for hydroxylation is 1. The van der Waals surface area contributed by atoms with Gasteiger partial charge in [-0.2, -0.15) is 5.26 Å². The molecule has 2 N–H and O–H groups in total. The number of anilines is 1. The van der Waals surface area contributed by atoms with E-state index >= 15 is 0 Å². The first kappa shape index (κ1) is 16.9. The highest BCUT2D eigenvalue weighted by molar-refractivity contribution is 8.02. The molecule has 0 bridgehead atoms. The second-order valence-corrected chi connectivity index (χ2v) is 8.27. The van der Waals surface area contributed by atoms with Gasteiger partial charge in [0, 0.05) is 36.6 Å². The van der Waals surface area contributed by atoms with Gasteiger partial charge in [0.1, 0.15) is 10.9 Å². The van der Waals surface area contributed by atoms with E-state index in [4.69, 9.17) is 0 Å². The Morgan fingerprint density at radius 1 is 1.42 bits per heavy atom. The summed E-state index contributed by atoms with van der Waals surface area (Å²) in [6.45, 7) is 3.67. The number of aromatic amines is 1. The highest BCUT2D eigenvalue weighted by atomic mass is 32.2. The van der Waals surface area contributed by atoms with Crippen LogP contribution in [0.25, 0.3) is 10.9 Å². The van der Waals surface area contributed by atoms with Gasteiger partial charge in [0.25, 0.3) is 5.91 Å². The van der Waals surface area contributed by atoms with Gasteiger partial charge in [-0.05, 0) is 31.4 Å². The predicted octanol–water partition coefficient (Wildman–Crippen LogP) is 4.16. The number of amides is 1. The fourth-order valence-electron chi connectivity index (χ4n) is 3.17. The standard InChI is InChI=1S/C18H17N5OS2/c1-11-4-5-13(16-15(11)12(8-19)9-20-16)22-26-18-21-10-14(25-18)17(24)23-6-2-3-7-23/h4-5,9-10,20,22H,2-3,6-7H2,1H3. The molecule has 1 fully saturated rings. The number of nitrogens with zero attached hydrogens (tertiary/aromatic N) is 3. The molecule has 1 amide bonds. The average Bonchev–Trinajstić information content (AvgIpc) is 3.40. The van der Waals surface area contributed by atoms with Crippen LogP contribution in [0, 0.1) is 18.3 Å². The molecule has 1 saturated heterocycles. The third-order valence-corrected chi connectivity index (χ3v) is 6.38. The van der Waals surface area contributed by atoms with Gasteiger partial charge in [0.15, 0.2) is 4.34 Å². The van der Waals surface area contributed by atoms with Crippen molar-refractivity contribution in [3.05, 3.63) is 40.5 Å². The molecule has 1 aliphatic heterocycles. The van der Waals surface area contributed by atoms with Crippen molar-refractivity contribution in [2.24, 2.45) is 0 Å². The van der Waals surface area contributed by atoms with Crippen LogP contribution < -0.4 is 4.72 Å². The fourth-order valence-corrected chi connectivity index (χ4v) is 4.82. The summed E-state index contributed by atoms with van der Waals surface area (Å²) in [5, 5.41) is 10.2. The fraction of sp³-hybridized carbons (Fsp3) is 0.278. The number of rotatable bonds is 4. The first-order valence-corrected chi connectivity index (χ1v) is 9.99. The number of thiazole rings is 1. The van der Waals surface area contributed by atoms with Crippen molar-refractivity contribution < 1.29 is 4.79 Å². The summed E-state index contributed by atoms with van der Waals surface area (Å²) in [5.41, 5.74) is 3.48. The van der Waals surface area contributed by atoms with E-state index in [1.54, 1.807) is 12.4 Å². The normalized spacial score (nSPS) is 13.9. The molecule has 0 saturated carbocycles. The molecular weight excluding hydrogens is 366 g/mol. The van der Waals surface area contributed by atoms with E-state index in [1.165, 1.54) is 23.3 Å². The summed E-state index contributed by atoms with van der Waals surface area (Å²) in [6, 6.07) is 6.18. The lowest BCUT2D eigenvalue weighted by Crippen LogP contribution is -2.26. The Bertz CT molecular complexity index is 1010. The third kappa shape index (κ3) is 3.04. The Morgan fingerprint density at radius 3 is 3.00 bits per heavy atom. The van der Waals surface area contributed by atoms with E-state index in [1.807, 2.05) is 24.0 Å². The van der Waals surface area contributed by atoms with Crippen molar-refractivity contribution in [1.82, 2.24) is 14.9 Å². The molecule has 0 spiro atoms. The van der Waals surface area contributed by atoms with Crippen LogP contribution in [0.5, 0.6) is 0 Å². The van der Waals surface area contributed by atoms with Crippen LogP contribution in [0.1, 0.15) is 33.6 Å². The van der Waals surface area contributed by atoms with Crippen molar-refractivity contribution in [3.63, 3.8) is 0 Å². The van der Waals surface area contributed by atoms with Gasteiger partial charge in [-0.15, -0.1) is 11.3 Å². The smallest absolute Gasteiger partial charge is 0.265 e. The van der Waals surface area contributed by atoms with Gasteiger partial charge in [0.2, 0.25) is 0 Å². The Kier molecular flexibility index (Phi) is 4.57. The number of benzene rings is 1. The molecule has 0 atom stereocenters. The van der Waals surface area contributed by atoms with E-state index in [0.717, 1.165) is 52.4 Å². The first-order chi connectivity index (χ1) is 12.7. The summed E-state index contributed by atoms with van der Waals surface area (Å²) in [7, 11) is 0. The van der Waals surface area contributed by atoms with Crippen molar-refractivity contribution >= 4 is 45.8 Å². The first-order valence-electron chi connectivity index (χ1n) is 8.36. The number of aromatic nitrogens is 2. The maximum atomic E-state index is 12.4. The minimum absolute atomic E-state index is 0.0765. The zero-order chi connectivity index (χ0) is 18.1. The van der Waals surface area contributed by atoms with Crippen molar-refractivity contribution in [3.8, 4) is 6.07 Å². The molecule has 1 aliphatic rings. The van der Waals surface area contributed by atoms with E-state index < -0.39 is 0 Å². The summed E-state index contributed by atoms with van der Waals surface area (Å²) in [5.74, 6) is 0.0765. The topological polar surface area (TPSA) is 84.8 Å². The molecular formula is C18H17N5OS2. The highest BCUT2D eigenvalue weighted by Gasteiger charge is 2.21. The van der Waals surface area contributed by atoms with Crippen LogP contribution in [0.15, 0.2) is 28.9 Å². The summed E-state index contributed by atoms with van der Waals surface area (Å²) < 4.78 is 4.07. The largest absolute Gasteiger partial charge is 0.358 e. The second-order valence-electron chi connectivity index (χ2n) is 6.19. The lowest BCUT2D eigenvalue weighted by molar-refractivity contribution is 0.0797. The number of H-pyrrole nitrogens is 1. The lowest BCUT2D eigenvalue weighted by atomic mass is 10.1. The van der Waals surface area contributed by atoms with Crippen LogP contribution >= 0.6 is 23.3 Å². The number of likely N-dealkylation sites (tertiary alicyclic amines) is 1. The van der Waals surface area contributed by atoms with Crippen molar-refractivity contribution in [2.45, 2.75) is 24.1 Å². The van der Waals surface area contributed by atoms with Gasteiger partial charge in [-0.1, -0.05) is 6.07 Å². The molecule has 2 aromatic heterocycles. The second kappa shape index (κ2) is 7.02. The molecule has 132 valence electrons. The maximum absolute atomic E-state index is 12.4. The van der Waals surface area contributed by atoms with Crippen LogP contribution in [0.4, 0.5) is 5.69 Å². The molecule has 3 aromatic rings. The average molecular weight is 384 g/mol. The summed E-state index contributed by atoms with van der Waals surface area (Å²) in [4.78, 5) is 22.5. The molecule has 0 unspecified atom stereocenters. The number of nitrogens with one attached hydrogen (secondary N) is 2. The number of hydrogen-bond acceptors (Lipinski definition) is 6.